The fraction of sp³-hybridized carbons (Fsp3) is 0.176. The Balaban J connectivity index is 2.30. The van der Waals surface area contributed by atoms with Crippen LogP contribution in [0.5, 0.6) is 0 Å². The highest BCUT2D eigenvalue weighted by molar-refractivity contribution is 5.94. The molecule has 0 fully saturated rings. The average molecular weight is 338 g/mol. The van der Waals surface area contributed by atoms with Crippen LogP contribution in [0.15, 0.2) is 42.5 Å². The van der Waals surface area contributed by atoms with E-state index in [1.165, 1.54) is 30.3 Å². The van der Waals surface area contributed by atoms with Crippen LogP contribution in [0, 0.1) is 0 Å². The number of carbonyl (C=O) groups is 2. The van der Waals surface area contributed by atoms with Crippen LogP contribution in [0.3, 0.4) is 0 Å². The second kappa shape index (κ2) is 6.74. The van der Waals surface area contributed by atoms with E-state index >= 15 is 0 Å². The summed E-state index contributed by atoms with van der Waals surface area (Å²) in [4.78, 5) is 22.1. The molecule has 0 heterocycles. The molecule has 0 amide bonds. The molecular weight excluding hydrogens is 325 g/mol. The van der Waals surface area contributed by atoms with Crippen LogP contribution in [0.4, 0.5) is 13.2 Å². The van der Waals surface area contributed by atoms with Crippen molar-refractivity contribution in [2.24, 2.45) is 0 Å². The van der Waals surface area contributed by atoms with Crippen molar-refractivity contribution in [2.75, 3.05) is 0 Å². The summed E-state index contributed by atoms with van der Waals surface area (Å²) in [5.41, 5.74) is -0.757. The molecule has 0 bridgehead atoms. The highest BCUT2D eigenvalue weighted by Gasteiger charge is 2.32. The topological polar surface area (TPSA) is 74.6 Å². The van der Waals surface area contributed by atoms with Gasteiger partial charge < -0.3 is 10.2 Å². The van der Waals surface area contributed by atoms with Crippen molar-refractivity contribution in [3.05, 3.63) is 70.3 Å². The maximum Gasteiger partial charge on any atom is 0.416 e. The van der Waals surface area contributed by atoms with Gasteiger partial charge in [0.2, 0.25) is 0 Å². The minimum atomic E-state index is -4.48. The number of alkyl halides is 3. The first kappa shape index (κ1) is 17.5. The molecule has 4 nitrogen and oxygen atoms in total. The van der Waals surface area contributed by atoms with Gasteiger partial charge in [-0.05, 0) is 48.2 Å². The van der Waals surface area contributed by atoms with E-state index in [1.54, 1.807) is 0 Å². The van der Waals surface area contributed by atoms with Gasteiger partial charge in [0, 0.05) is 0 Å². The summed E-state index contributed by atoms with van der Waals surface area (Å²) >= 11 is 0. The van der Waals surface area contributed by atoms with Gasteiger partial charge in [0.05, 0.1) is 16.7 Å². The third-order valence-electron chi connectivity index (χ3n) is 3.49. The van der Waals surface area contributed by atoms with E-state index in [2.05, 4.69) is 0 Å². The zero-order valence-corrected chi connectivity index (χ0v) is 12.3. The second-order valence-electron chi connectivity index (χ2n) is 5.18. The maximum atomic E-state index is 13.0. The average Bonchev–Trinajstić information content (AvgIpc) is 2.52. The van der Waals surface area contributed by atoms with Crippen LogP contribution >= 0.6 is 0 Å². The quantitative estimate of drug-likeness (QED) is 0.867. The Labute approximate surface area is 135 Å². The van der Waals surface area contributed by atoms with Crippen molar-refractivity contribution in [2.45, 2.75) is 19.0 Å². The van der Waals surface area contributed by atoms with E-state index < -0.39 is 23.7 Å². The lowest BCUT2D eigenvalue weighted by atomic mass is 9.97. The van der Waals surface area contributed by atoms with Crippen molar-refractivity contribution >= 4 is 11.9 Å². The molecule has 0 unspecified atom stereocenters. The standard InChI is InChI=1S/C17H13F3O4/c18-17(19,20)14-4-2-1-3-11(14)6-5-10-7-12(15(21)22)9-13(8-10)16(23)24/h1-4,7-9H,5-6H2,(H,21,22)(H,23,24). The summed E-state index contributed by atoms with van der Waals surface area (Å²) in [7, 11) is 0. The predicted molar refractivity (Wildman–Crippen MR) is 79.2 cm³/mol. The van der Waals surface area contributed by atoms with Gasteiger partial charge in [0.1, 0.15) is 0 Å². The fourth-order valence-corrected chi connectivity index (χ4v) is 2.38. The lowest BCUT2D eigenvalue weighted by molar-refractivity contribution is -0.138. The Morgan fingerprint density at radius 3 is 1.92 bits per heavy atom. The number of hydrogen-bond acceptors (Lipinski definition) is 2. The lowest BCUT2D eigenvalue weighted by Gasteiger charge is -2.13. The van der Waals surface area contributed by atoms with E-state index in [9.17, 15) is 22.8 Å². The predicted octanol–water partition coefficient (Wildman–Crippen LogP) is 3.89. The third kappa shape index (κ3) is 4.13. The molecule has 0 aliphatic heterocycles. The van der Waals surface area contributed by atoms with Crippen molar-refractivity contribution < 1.29 is 33.0 Å². The summed E-state index contributed by atoms with van der Waals surface area (Å²) in [5.74, 6) is -2.59. The Kier molecular flexibility index (Phi) is 4.92. The molecule has 2 rings (SSSR count). The number of benzene rings is 2. The number of halogens is 3. The van der Waals surface area contributed by atoms with Crippen molar-refractivity contribution in [3.63, 3.8) is 0 Å². The van der Waals surface area contributed by atoms with E-state index in [-0.39, 0.29) is 29.5 Å². The first-order valence-corrected chi connectivity index (χ1v) is 6.94. The SMILES string of the molecule is O=C(O)c1cc(CCc2ccccc2C(F)(F)F)cc(C(=O)O)c1. The molecule has 24 heavy (non-hydrogen) atoms. The minimum absolute atomic E-state index is 0.0117. The fourth-order valence-electron chi connectivity index (χ4n) is 2.38. The Morgan fingerprint density at radius 1 is 0.875 bits per heavy atom. The third-order valence-corrected chi connectivity index (χ3v) is 3.49. The maximum absolute atomic E-state index is 13.0. The van der Waals surface area contributed by atoms with Gasteiger partial charge >= 0.3 is 18.1 Å². The first-order chi connectivity index (χ1) is 11.2. The van der Waals surface area contributed by atoms with Gasteiger partial charge in [-0.15, -0.1) is 0 Å². The van der Waals surface area contributed by atoms with E-state index in [4.69, 9.17) is 10.2 Å². The van der Waals surface area contributed by atoms with Crippen LogP contribution in [0.25, 0.3) is 0 Å². The number of aryl methyl sites for hydroxylation is 2. The molecule has 7 heteroatoms. The van der Waals surface area contributed by atoms with E-state index in [1.807, 2.05) is 0 Å². The van der Waals surface area contributed by atoms with Gasteiger partial charge in [-0.25, -0.2) is 9.59 Å². The molecule has 2 aromatic rings. The number of carboxylic acid groups (broad SMARTS) is 2. The Bertz CT molecular complexity index is 749. The van der Waals surface area contributed by atoms with Crippen molar-refractivity contribution in [1.29, 1.82) is 0 Å². The van der Waals surface area contributed by atoms with Crippen molar-refractivity contribution in [1.82, 2.24) is 0 Å². The molecule has 0 aliphatic rings. The summed E-state index contributed by atoms with van der Waals surface area (Å²) < 4.78 is 38.9. The molecule has 126 valence electrons. The molecule has 0 spiro atoms. The lowest BCUT2D eigenvalue weighted by Crippen LogP contribution is -2.10. The van der Waals surface area contributed by atoms with Crippen LogP contribution in [-0.2, 0) is 19.0 Å². The Morgan fingerprint density at radius 2 is 1.42 bits per heavy atom. The Hall–Kier alpha value is -2.83. The van der Waals surface area contributed by atoms with Gasteiger partial charge in [-0.1, -0.05) is 18.2 Å². The van der Waals surface area contributed by atoms with Crippen molar-refractivity contribution in [3.8, 4) is 0 Å². The second-order valence-corrected chi connectivity index (χ2v) is 5.18. The molecule has 2 aromatic carbocycles. The smallest absolute Gasteiger partial charge is 0.416 e. The molecule has 0 saturated heterocycles. The van der Waals surface area contributed by atoms with Gasteiger partial charge in [0.15, 0.2) is 0 Å². The molecule has 0 atom stereocenters. The first-order valence-electron chi connectivity index (χ1n) is 6.94. The molecule has 0 radical (unpaired) electrons. The van der Waals surface area contributed by atoms with Gasteiger partial charge in [-0.3, -0.25) is 0 Å². The van der Waals surface area contributed by atoms with Gasteiger partial charge in [-0.2, -0.15) is 13.2 Å². The van der Waals surface area contributed by atoms with Crippen LogP contribution in [-0.4, -0.2) is 22.2 Å². The zero-order chi connectivity index (χ0) is 17.9. The monoisotopic (exact) mass is 338 g/mol. The molecule has 2 N–H and O–H groups in total. The number of aromatic carboxylic acids is 2. The van der Waals surface area contributed by atoms with Gasteiger partial charge in [0.25, 0.3) is 0 Å². The van der Waals surface area contributed by atoms with E-state index in [0.29, 0.717) is 5.56 Å². The summed E-state index contributed by atoms with van der Waals surface area (Å²) in [6, 6.07) is 8.66. The molecule has 0 aromatic heterocycles. The summed E-state index contributed by atoms with van der Waals surface area (Å²) in [5, 5.41) is 18.0. The highest BCUT2D eigenvalue weighted by Crippen LogP contribution is 2.32. The van der Waals surface area contributed by atoms with Crippen LogP contribution < -0.4 is 0 Å². The number of hydrogen-bond donors (Lipinski definition) is 2. The zero-order valence-electron chi connectivity index (χ0n) is 12.3. The molecular formula is C17H13F3O4. The van der Waals surface area contributed by atoms with Crippen LogP contribution in [0.1, 0.15) is 37.4 Å². The summed E-state index contributed by atoms with van der Waals surface area (Å²) in [6.45, 7) is 0. The summed E-state index contributed by atoms with van der Waals surface area (Å²) in [6.07, 6.45) is -4.38. The number of rotatable bonds is 5. The largest absolute Gasteiger partial charge is 0.478 e. The number of carboxylic acids is 2. The normalized spacial score (nSPS) is 11.3. The minimum Gasteiger partial charge on any atom is -0.478 e. The highest BCUT2D eigenvalue weighted by atomic mass is 19.4. The van der Waals surface area contributed by atoms with Crippen LogP contribution in [0.2, 0.25) is 0 Å². The molecule has 0 aliphatic carbocycles. The molecule has 0 saturated carbocycles. The van der Waals surface area contributed by atoms with E-state index in [0.717, 1.165) is 12.1 Å².